The topological polar surface area (TPSA) is 51.4 Å². The van der Waals surface area contributed by atoms with Gasteiger partial charge in [0.15, 0.2) is 5.13 Å². The fraction of sp³-hybridized carbons (Fsp3) is 0.700. The molecule has 1 saturated heterocycles. The third-order valence-electron chi connectivity index (χ3n) is 2.47. The number of aromatic nitrogens is 1. The van der Waals surface area contributed by atoms with Crippen molar-refractivity contribution < 1.29 is 4.74 Å². The molecule has 15 heavy (non-hydrogen) atoms. The summed E-state index contributed by atoms with van der Waals surface area (Å²) in [5.41, 5.74) is 6.77. The second kappa shape index (κ2) is 4.92. The molecule has 4 nitrogen and oxygen atoms in total. The van der Waals surface area contributed by atoms with E-state index in [1.807, 2.05) is 12.3 Å². The molecule has 1 aliphatic heterocycles. The average molecular weight is 227 g/mol. The van der Waals surface area contributed by atoms with Crippen molar-refractivity contribution in [1.82, 2.24) is 4.98 Å². The van der Waals surface area contributed by atoms with Gasteiger partial charge in [-0.15, -0.1) is 11.3 Å². The highest BCUT2D eigenvalue weighted by Gasteiger charge is 2.14. The molecule has 2 N–H and O–H groups in total. The molecule has 2 heterocycles. The molecular formula is C10H17N3OS. The van der Waals surface area contributed by atoms with E-state index in [0.717, 1.165) is 43.5 Å². The van der Waals surface area contributed by atoms with Crippen molar-refractivity contribution in [3.05, 3.63) is 11.1 Å². The zero-order valence-corrected chi connectivity index (χ0v) is 9.80. The van der Waals surface area contributed by atoms with Gasteiger partial charge < -0.3 is 15.4 Å². The number of thiazole rings is 1. The summed E-state index contributed by atoms with van der Waals surface area (Å²) in [7, 11) is 0. The molecule has 1 aromatic heterocycles. The zero-order valence-electron chi connectivity index (χ0n) is 8.98. The van der Waals surface area contributed by atoms with E-state index in [4.69, 9.17) is 10.5 Å². The van der Waals surface area contributed by atoms with Gasteiger partial charge in [-0.1, -0.05) is 0 Å². The number of nitrogens with two attached hydrogens (primary N) is 1. The summed E-state index contributed by atoms with van der Waals surface area (Å²) in [6.07, 6.45) is 1.08. The van der Waals surface area contributed by atoms with Gasteiger partial charge in [-0.05, 0) is 13.3 Å². The lowest BCUT2D eigenvalue weighted by atomic mass is 10.3. The standard InChI is InChI=1S/C10H17N3OS/c1-8(11)9-7-15-10(12-9)13-3-2-5-14-6-4-13/h7-8H,2-6,11H2,1H3. The van der Waals surface area contributed by atoms with Gasteiger partial charge in [-0.2, -0.15) is 0 Å². The lowest BCUT2D eigenvalue weighted by Gasteiger charge is -2.17. The SMILES string of the molecule is CC(N)c1csc(N2CCCOCC2)n1. The van der Waals surface area contributed by atoms with Crippen LogP contribution in [0.1, 0.15) is 25.1 Å². The largest absolute Gasteiger partial charge is 0.380 e. The maximum atomic E-state index is 5.79. The van der Waals surface area contributed by atoms with Crippen molar-refractivity contribution in [1.29, 1.82) is 0 Å². The second-order valence-corrected chi connectivity index (χ2v) is 4.63. The van der Waals surface area contributed by atoms with E-state index in [1.165, 1.54) is 0 Å². The molecule has 1 fully saturated rings. The van der Waals surface area contributed by atoms with E-state index in [9.17, 15) is 0 Å². The van der Waals surface area contributed by atoms with Crippen molar-refractivity contribution in [3.8, 4) is 0 Å². The minimum Gasteiger partial charge on any atom is -0.380 e. The molecule has 1 unspecified atom stereocenters. The summed E-state index contributed by atoms with van der Waals surface area (Å²) in [5.74, 6) is 0. The van der Waals surface area contributed by atoms with Crippen molar-refractivity contribution in [2.45, 2.75) is 19.4 Å². The molecule has 1 aromatic rings. The molecule has 0 amide bonds. The summed E-state index contributed by atoms with van der Waals surface area (Å²) in [6.45, 7) is 5.59. The van der Waals surface area contributed by atoms with Crippen LogP contribution in [0.5, 0.6) is 0 Å². The first-order valence-corrected chi connectivity index (χ1v) is 6.19. The predicted octanol–water partition coefficient (Wildman–Crippen LogP) is 1.39. The molecular weight excluding hydrogens is 210 g/mol. The normalized spacial score (nSPS) is 20.0. The third-order valence-corrected chi connectivity index (χ3v) is 3.39. The fourth-order valence-corrected chi connectivity index (χ4v) is 2.55. The molecule has 0 saturated carbocycles. The summed E-state index contributed by atoms with van der Waals surface area (Å²) >= 11 is 1.67. The van der Waals surface area contributed by atoms with Crippen LogP contribution in [0.4, 0.5) is 5.13 Å². The number of hydrogen-bond donors (Lipinski definition) is 1. The van der Waals surface area contributed by atoms with E-state index in [1.54, 1.807) is 11.3 Å². The van der Waals surface area contributed by atoms with Gasteiger partial charge in [-0.25, -0.2) is 4.98 Å². The fourth-order valence-electron chi connectivity index (χ4n) is 1.57. The molecule has 1 aliphatic rings. The monoisotopic (exact) mass is 227 g/mol. The zero-order chi connectivity index (χ0) is 10.7. The van der Waals surface area contributed by atoms with Crippen LogP contribution in [0.3, 0.4) is 0 Å². The predicted molar refractivity (Wildman–Crippen MR) is 62.4 cm³/mol. The van der Waals surface area contributed by atoms with Crippen LogP contribution < -0.4 is 10.6 Å². The molecule has 0 spiro atoms. The molecule has 5 heteroatoms. The third kappa shape index (κ3) is 2.68. The Kier molecular flexibility index (Phi) is 3.56. The Morgan fingerprint density at radius 1 is 1.53 bits per heavy atom. The summed E-state index contributed by atoms with van der Waals surface area (Å²) in [4.78, 5) is 6.82. The van der Waals surface area contributed by atoms with Crippen LogP contribution in [0.15, 0.2) is 5.38 Å². The summed E-state index contributed by atoms with van der Waals surface area (Å²) in [6, 6.07) is 0.0261. The van der Waals surface area contributed by atoms with Gasteiger partial charge in [0.1, 0.15) is 0 Å². The van der Waals surface area contributed by atoms with Gasteiger partial charge in [0.05, 0.1) is 12.3 Å². The highest BCUT2D eigenvalue weighted by Crippen LogP contribution is 2.23. The highest BCUT2D eigenvalue weighted by molar-refractivity contribution is 7.13. The van der Waals surface area contributed by atoms with E-state index in [2.05, 4.69) is 9.88 Å². The number of anilines is 1. The Balaban J connectivity index is 2.06. The Morgan fingerprint density at radius 2 is 2.40 bits per heavy atom. The van der Waals surface area contributed by atoms with Crippen LogP contribution >= 0.6 is 11.3 Å². The molecule has 0 radical (unpaired) electrons. The van der Waals surface area contributed by atoms with Crippen molar-refractivity contribution >= 4 is 16.5 Å². The molecule has 0 aliphatic carbocycles. The van der Waals surface area contributed by atoms with Gasteiger partial charge in [-0.3, -0.25) is 0 Å². The van der Waals surface area contributed by atoms with E-state index in [0.29, 0.717) is 0 Å². The van der Waals surface area contributed by atoms with Crippen LogP contribution in [-0.4, -0.2) is 31.3 Å². The Hall–Kier alpha value is -0.650. The number of hydrogen-bond acceptors (Lipinski definition) is 5. The Labute approximate surface area is 94.1 Å². The van der Waals surface area contributed by atoms with Crippen LogP contribution in [0.2, 0.25) is 0 Å². The Morgan fingerprint density at radius 3 is 3.13 bits per heavy atom. The number of ether oxygens (including phenoxy) is 1. The van der Waals surface area contributed by atoms with E-state index < -0.39 is 0 Å². The summed E-state index contributed by atoms with van der Waals surface area (Å²) in [5, 5.41) is 3.12. The smallest absolute Gasteiger partial charge is 0.185 e. The van der Waals surface area contributed by atoms with Gasteiger partial charge >= 0.3 is 0 Å². The van der Waals surface area contributed by atoms with E-state index >= 15 is 0 Å². The van der Waals surface area contributed by atoms with E-state index in [-0.39, 0.29) is 6.04 Å². The average Bonchev–Trinajstić information content (AvgIpc) is 2.55. The molecule has 0 aromatic carbocycles. The second-order valence-electron chi connectivity index (χ2n) is 3.80. The maximum absolute atomic E-state index is 5.79. The minimum atomic E-state index is 0.0261. The first-order valence-electron chi connectivity index (χ1n) is 5.31. The molecule has 1 atom stereocenters. The van der Waals surface area contributed by atoms with Crippen LogP contribution in [0.25, 0.3) is 0 Å². The van der Waals surface area contributed by atoms with Crippen molar-refractivity contribution in [3.63, 3.8) is 0 Å². The maximum Gasteiger partial charge on any atom is 0.185 e. The van der Waals surface area contributed by atoms with Crippen LogP contribution in [0, 0.1) is 0 Å². The van der Waals surface area contributed by atoms with Gasteiger partial charge in [0.2, 0.25) is 0 Å². The quantitative estimate of drug-likeness (QED) is 0.829. The lowest BCUT2D eigenvalue weighted by Crippen LogP contribution is -2.25. The Bertz CT molecular complexity index is 305. The van der Waals surface area contributed by atoms with Crippen molar-refractivity contribution in [2.75, 3.05) is 31.2 Å². The molecule has 0 bridgehead atoms. The number of nitrogens with zero attached hydrogens (tertiary/aromatic N) is 2. The molecule has 2 rings (SSSR count). The summed E-state index contributed by atoms with van der Waals surface area (Å²) < 4.78 is 5.41. The van der Waals surface area contributed by atoms with Crippen molar-refractivity contribution in [2.24, 2.45) is 5.73 Å². The lowest BCUT2D eigenvalue weighted by molar-refractivity contribution is 0.152. The van der Waals surface area contributed by atoms with Crippen LogP contribution in [-0.2, 0) is 4.74 Å². The number of rotatable bonds is 2. The molecule has 84 valence electrons. The first kappa shape index (κ1) is 10.9. The van der Waals surface area contributed by atoms with Gasteiger partial charge in [0.25, 0.3) is 0 Å². The highest BCUT2D eigenvalue weighted by atomic mass is 32.1. The first-order chi connectivity index (χ1) is 7.27. The minimum absolute atomic E-state index is 0.0261. The van der Waals surface area contributed by atoms with Gasteiger partial charge in [0, 0.05) is 31.1 Å².